The number of nitrogens with one attached hydrogen (secondary N) is 1. The number of nitrogens with zero attached hydrogens (tertiary/aromatic N) is 1. The third kappa shape index (κ3) is 3.85. The van der Waals surface area contributed by atoms with Gasteiger partial charge in [0.1, 0.15) is 0 Å². The van der Waals surface area contributed by atoms with E-state index < -0.39 is 5.97 Å². The third-order valence-electron chi connectivity index (χ3n) is 4.49. The standard InChI is InChI=1S/C17H22N2O3/c20-16(13-4-5-13)18-15-3-1-2-12(10-15)11-19-8-6-14(7-9-19)17(21)22/h1-3,10,13-14H,4-9,11H2,(H,18,20)(H,21,22). The average molecular weight is 302 g/mol. The zero-order valence-electron chi connectivity index (χ0n) is 12.6. The zero-order valence-corrected chi connectivity index (χ0v) is 12.6. The van der Waals surface area contributed by atoms with Crippen LogP contribution in [0.25, 0.3) is 0 Å². The van der Waals surface area contributed by atoms with Crippen molar-refractivity contribution in [2.75, 3.05) is 18.4 Å². The maximum absolute atomic E-state index is 11.8. The molecule has 2 fully saturated rings. The Balaban J connectivity index is 1.54. The molecule has 0 spiro atoms. The fraction of sp³-hybridized carbons (Fsp3) is 0.529. The Hall–Kier alpha value is -1.88. The Bertz CT molecular complexity index is 561. The van der Waals surface area contributed by atoms with Crippen LogP contribution in [0, 0.1) is 11.8 Å². The Morgan fingerprint density at radius 1 is 1.14 bits per heavy atom. The molecule has 1 amide bonds. The molecule has 2 aliphatic rings. The number of anilines is 1. The quantitative estimate of drug-likeness (QED) is 0.876. The van der Waals surface area contributed by atoms with Crippen LogP contribution in [0.4, 0.5) is 5.69 Å². The zero-order chi connectivity index (χ0) is 15.5. The van der Waals surface area contributed by atoms with Crippen molar-refractivity contribution in [1.29, 1.82) is 0 Å². The van der Waals surface area contributed by atoms with Crippen LogP contribution in [0.3, 0.4) is 0 Å². The lowest BCUT2D eigenvalue weighted by atomic mass is 9.97. The molecule has 1 aromatic rings. The van der Waals surface area contributed by atoms with Gasteiger partial charge in [0.15, 0.2) is 0 Å². The molecule has 2 N–H and O–H groups in total. The second kappa shape index (κ2) is 6.48. The summed E-state index contributed by atoms with van der Waals surface area (Å²) in [5.74, 6) is -0.539. The van der Waals surface area contributed by atoms with Gasteiger partial charge in [0.25, 0.3) is 0 Å². The van der Waals surface area contributed by atoms with Gasteiger partial charge in [-0.15, -0.1) is 0 Å². The number of aliphatic carboxylic acids is 1. The van der Waals surface area contributed by atoms with Crippen molar-refractivity contribution < 1.29 is 14.7 Å². The third-order valence-corrected chi connectivity index (χ3v) is 4.49. The molecule has 0 radical (unpaired) electrons. The summed E-state index contributed by atoms with van der Waals surface area (Å²) in [5.41, 5.74) is 2.01. The number of amides is 1. The summed E-state index contributed by atoms with van der Waals surface area (Å²) in [7, 11) is 0. The largest absolute Gasteiger partial charge is 0.481 e. The second-order valence-electron chi connectivity index (χ2n) is 6.35. The van der Waals surface area contributed by atoms with Gasteiger partial charge in [-0.3, -0.25) is 14.5 Å². The van der Waals surface area contributed by atoms with Crippen LogP contribution in [0.5, 0.6) is 0 Å². The van der Waals surface area contributed by atoms with Crippen molar-refractivity contribution in [2.45, 2.75) is 32.2 Å². The molecule has 0 unspecified atom stereocenters. The molecule has 118 valence electrons. The number of rotatable bonds is 5. The highest BCUT2D eigenvalue weighted by Gasteiger charge is 2.29. The number of hydrogen-bond acceptors (Lipinski definition) is 3. The monoisotopic (exact) mass is 302 g/mol. The maximum atomic E-state index is 11.8. The molecule has 22 heavy (non-hydrogen) atoms. The SMILES string of the molecule is O=C(O)C1CCN(Cc2cccc(NC(=O)C3CC3)c2)CC1. The van der Waals surface area contributed by atoms with Crippen molar-refractivity contribution in [3.05, 3.63) is 29.8 Å². The molecule has 1 aliphatic heterocycles. The van der Waals surface area contributed by atoms with Gasteiger partial charge in [0.2, 0.25) is 5.91 Å². The topological polar surface area (TPSA) is 69.6 Å². The lowest BCUT2D eigenvalue weighted by Crippen LogP contribution is -2.35. The van der Waals surface area contributed by atoms with E-state index in [-0.39, 0.29) is 17.7 Å². The number of carbonyl (C=O) groups is 2. The van der Waals surface area contributed by atoms with E-state index in [0.717, 1.165) is 43.7 Å². The van der Waals surface area contributed by atoms with Gasteiger partial charge in [-0.1, -0.05) is 12.1 Å². The van der Waals surface area contributed by atoms with Crippen molar-refractivity contribution in [1.82, 2.24) is 4.90 Å². The number of hydrogen-bond donors (Lipinski definition) is 2. The van der Waals surface area contributed by atoms with Crippen LogP contribution in [0.15, 0.2) is 24.3 Å². The Labute approximate surface area is 130 Å². The summed E-state index contributed by atoms with van der Waals surface area (Å²) in [6, 6.07) is 7.95. The molecule has 0 bridgehead atoms. The summed E-state index contributed by atoms with van der Waals surface area (Å²) in [4.78, 5) is 25.0. The van der Waals surface area contributed by atoms with Gasteiger partial charge in [-0.05, 0) is 56.5 Å². The lowest BCUT2D eigenvalue weighted by molar-refractivity contribution is -0.143. The number of carbonyl (C=O) groups excluding carboxylic acids is 1. The van der Waals surface area contributed by atoms with E-state index in [0.29, 0.717) is 12.8 Å². The van der Waals surface area contributed by atoms with Crippen LogP contribution < -0.4 is 5.32 Å². The molecule has 1 saturated carbocycles. The fourth-order valence-corrected chi connectivity index (χ4v) is 2.93. The number of likely N-dealkylation sites (tertiary alicyclic amines) is 1. The van der Waals surface area contributed by atoms with Crippen molar-refractivity contribution in [3.8, 4) is 0 Å². The Morgan fingerprint density at radius 2 is 1.86 bits per heavy atom. The first-order valence-corrected chi connectivity index (χ1v) is 7.97. The predicted octanol–water partition coefficient (Wildman–Crippen LogP) is 2.33. The van der Waals surface area contributed by atoms with E-state index in [2.05, 4.69) is 16.3 Å². The molecular formula is C17H22N2O3. The smallest absolute Gasteiger partial charge is 0.306 e. The first-order valence-electron chi connectivity index (χ1n) is 7.97. The van der Waals surface area contributed by atoms with Crippen LogP contribution in [0.1, 0.15) is 31.2 Å². The molecule has 1 saturated heterocycles. The van der Waals surface area contributed by atoms with Crippen LogP contribution in [0.2, 0.25) is 0 Å². The van der Waals surface area contributed by atoms with Crippen molar-refractivity contribution in [3.63, 3.8) is 0 Å². The molecule has 1 aliphatic carbocycles. The summed E-state index contributed by atoms with van der Waals surface area (Å²) < 4.78 is 0. The fourth-order valence-electron chi connectivity index (χ4n) is 2.93. The van der Waals surface area contributed by atoms with Gasteiger partial charge in [-0.25, -0.2) is 0 Å². The first kappa shape index (κ1) is 15.0. The van der Waals surface area contributed by atoms with Gasteiger partial charge >= 0.3 is 5.97 Å². The molecule has 3 rings (SSSR count). The summed E-state index contributed by atoms with van der Waals surface area (Å²) >= 11 is 0. The summed E-state index contributed by atoms with van der Waals surface area (Å²) in [6.07, 6.45) is 3.44. The average Bonchev–Trinajstić information content (AvgIpc) is 3.33. The molecule has 5 heteroatoms. The molecular weight excluding hydrogens is 280 g/mol. The van der Waals surface area contributed by atoms with E-state index in [1.165, 1.54) is 0 Å². The van der Waals surface area contributed by atoms with Crippen molar-refractivity contribution in [2.24, 2.45) is 11.8 Å². The highest BCUT2D eigenvalue weighted by atomic mass is 16.4. The van der Waals surface area contributed by atoms with Crippen LogP contribution >= 0.6 is 0 Å². The molecule has 1 aromatic carbocycles. The van der Waals surface area contributed by atoms with Crippen molar-refractivity contribution >= 4 is 17.6 Å². The minimum atomic E-state index is -0.676. The van der Waals surface area contributed by atoms with Crippen LogP contribution in [-0.4, -0.2) is 35.0 Å². The second-order valence-corrected chi connectivity index (χ2v) is 6.35. The maximum Gasteiger partial charge on any atom is 0.306 e. The van der Waals surface area contributed by atoms with E-state index in [9.17, 15) is 9.59 Å². The molecule has 5 nitrogen and oxygen atoms in total. The number of piperidine rings is 1. The van der Waals surface area contributed by atoms with E-state index in [4.69, 9.17) is 5.11 Å². The molecule has 1 heterocycles. The minimum absolute atomic E-state index is 0.124. The summed E-state index contributed by atoms with van der Waals surface area (Å²) in [5, 5.41) is 12.0. The summed E-state index contributed by atoms with van der Waals surface area (Å²) in [6.45, 7) is 2.44. The Morgan fingerprint density at radius 3 is 2.50 bits per heavy atom. The minimum Gasteiger partial charge on any atom is -0.481 e. The first-order chi connectivity index (χ1) is 10.6. The lowest BCUT2D eigenvalue weighted by Gasteiger charge is -2.30. The van der Waals surface area contributed by atoms with Gasteiger partial charge in [0.05, 0.1) is 5.92 Å². The van der Waals surface area contributed by atoms with Gasteiger partial charge in [0, 0.05) is 18.2 Å². The van der Waals surface area contributed by atoms with E-state index in [1.54, 1.807) is 0 Å². The highest BCUT2D eigenvalue weighted by molar-refractivity contribution is 5.94. The number of carboxylic acid groups (broad SMARTS) is 1. The normalized spacial score (nSPS) is 19.8. The Kier molecular flexibility index (Phi) is 4.43. The number of carboxylic acids is 1. The predicted molar refractivity (Wildman–Crippen MR) is 83.4 cm³/mol. The van der Waals surface area contributed by atoms with Gasteiger partial charge < -0.3 is 10.4 Å². The van der Waals surface area contributed by atoms with Gasteiger partial charge in [-0.2, -0.15) is 0 Å². The molecule has 0 aromatic heterocycles. The highest BCUT2D eigenvalue weighted by Crippen LogP contribution is 2.30. The molecule has 0 atom stereocenters. The van der Waals surface area contributed by atoms with Crippen LogP contribution in [-0.2, 0) is 16.1 Å². The van der Waals surface area contributed by atoms with E-state index >= 15 is 0 Å². The number of benzene rings is 1. The van der Waals surface area contributed by atoms with E-state index in [1.807, 2.05) is 18.2 Å².